The number of halogens is 1. The molecule has 5 heteroatoms. The Bertz CT molecular complexity index is 507. The third kappa shape index (κ3) is 2.98. The Hall–Kier alpha value is -0.740. The van der Waals surface area contributed by atoms with Gasteiger partial charge in [-0.1, -0.05) is 12.1 Å². The molecule has 2 rings (SSSR count). The van der Waals surface area contributed by atoms with Crippen LogP contribution in [-0.4, -0.2) is 33.6 Å². The van der Waals surface area contributed by atoms with Gasteiger partial charge in [0.15, 0.2) is 9.84 Å². The van der Waals surface area contributed by atoms with Crippen molar-refractivity contribution in [3.05, 3.63) is 24.3 Å². The molecule has 1 aromatic rings. The van der Waals surface area contributed by atoms with Crippen molar-refractivity contribution in [2.45, 2.75) is 17.7 Å². The molecule has 0 atom stereocenters. The molecule has 0 amide bonds. The Balaban J connectivity index is 2.25. The van der Waals surface area contributed by atoms with E-state index in [2.05, 4.69) is 4.90 Å². The molecule has 3 nitrogen and oxygen atoms in total. The van der Waals surface area contributed by atoms with Crippen LogP contribution in [0.25, 0.3) is 0 Å². The molecule has 0 radical (unpaired) electrons. The SMILES string of the molecule is CS(=O)(=O)c1ccccc1N1CCC(CCl)CC1. The standard InChI is InChI=1S/C13H18ClNO2S/c1-18(16,17)13-5-3-2-4-12(13)15-8-6-11(10-14)7-9-15/h2-5,11H,6-10H2,1H3. The maximum Gasteiger partial charge on any atom is 0.177 e. The lowest BCUT2D eigenvalue weighted by Crippen LogP contribution is -2.35. The average Bonchev–Trinajstić information content (AvgIpc) is 2.38. The highest BCUT2D eigenvalue weighted by molar-refractivity contribution is 7.90. The normalized spacial score (nSPS) is 18.0. The molecule has 1 aliphatic rings. The summed E-state index contributed by atoms with van der Waals surface area (Å²) in [6.45, 7) is 1.76. The van der Waals surface area contributed by atoms with Crippen LogP contribution in [0.3, 0.4) is 0 Å². The molecule has 0 spiro atoms. The number of benzene rings is 1. The molecule has 100 valence electrons. The summed E-state index contributed by atoms with van der Waals surface area (Å²) in [7, 11) is -3.17. The summed E-state index contributed by atoms with van der Waals surface area (Å²) >= 11 is 5.86. The summed E-state index contributed by atoms with van der Waals surface area (Å²) in [4.78, 5) is 2.58. The van der Waals surface area contributed by atoms with E-state index in [1.807, 2.05) is 12.1 Å². The highest BCUT2D eigenvalue weighted by Crippen LogP contribution is 2.29. The van der Waals surface area contributed by atoms with Gasteiger partial charge < -0.3 is 4.90 Å². The number of anilines is 1. The van der Waals surface area contributed by atoms with E-state index in [9.17, 15) is 8.42 Å². The average molecular weight is 288 g/mol. The molecule has 0 unspecified atom stereocenters. The number of alkyl halides is 1. The van der Waals surface area contributed by atoms with Crippen molar-refractivity contribution in [3.63, 3.8) is 0 Å². The van der Waals surface area contributed by atoms with E-state index in [1.165, 1.54) is 6.26 Å². The molecule has 1 aliphatic heterocycles. The number of sulfone groups is 1. The van der Waals surface area contributed by atoms with Gasteiger partial charge in [0.1, 0.15) is 0 Å². The van der Waals surface area contributed by atoms with Gasteiger partial charge in [-0.05, 0) is 30.9 Å². The summed E-state index contributed by atoms with van der Waals surface area (Å²) in [5, 5.41) is 0. The first-order chi connectivity index (χ1) is 8.52. The van der Waals surface area contributed by atoms with Crippen molar-refractivity contribution >= 4 is 27.1 Å². The summed E-state index contributed by atoms with van der Waals surface area (Å²) in [6, 6.07) is 7.22. The number of hydrogen-bond acceptors (Lipinski definition) is 3. The van der Waals surface area contributed by atoms with Crippen LogP contribution in [-0.2, 0) is 9.84 Å². The zero-order valence-electron chi connectivity index (χ0n) is 10.5. The number of nitrogens with zero attached hydrogens (tertiary/aromatic N) is 1. The Kier molecular flexibility index (Phi) is 4.17. The van der Waals surface area contributed by atoms with Crippen LogP contribution in [0.1, 0.15) is 12.8 Å². The summed E-state index contributed by atoms with van der Waals surface area (Å²) in [5.74, 6) is 1.26. The smallest absolute Gasteiger partial charge is 0.177 e. The molecule has 1 saturated heterocycles. The van der Waals surface area contributed by atoms with E-state index in [-0.39, 0.29) is 0 Å². The van der Waals surface area contributed by atoms with Gasteiger partial charge in [-0.3, -0.25) is 0 Å². The van der Waals surface area contributed by atoms with E-state index in [1.54, 1.807) is 12.1 Å². The number of hydrogen-bond donors (Lipinski definition) is 0. The van der Waals surface area contributed by atoms with Gasteiger partial charge in [0.05, 0.1) is 10.6 Å². The van der Waals surface area contributed by atoms with Gasteiger partial charge in [-0.25, -0.2) is 8.42 Å². The molecule has 0 bridgehead atoms. The third-order valence-electron chi connectivity index (χ3n) is 3.44. The van der Waals surface area contributed by atoms with Crippen LogP contribution < -0.4 is 4.90 Å². The Morgan fingerprint density at radius 2 is 1.89 bits per heavy atom. The van der Waals surface area contributed by atoms with E-state index in [4.69, 9.17) is 11.6 Å². The first-order valence-electron chi connectivity index (χ1n) is 6.12. The minimum atomic E-state index is -3.17. The molecule has 18 heavy (non-hydrogen) atoms. The third-order valence-corrected chi connectivity index (χ3v) is 5.02. The van der Waals surface area contributed by atoms with Crippen molar-refractivity contribution in [1.82, 2.24) is 0 Å². The second kappa shape index (κ2) is 5.49. The predicted octanol–water partition coefficient (Wildman–Crippen LogP) is 2.55. The van der Waals surface area contributed by atoms with Gasteiger partial charge in [-0.15, -0.1) is 11.6 Å². The van der Waals surface area contributed by atoms with Crippen LogP contribution >= 0.6 is 11.6 Å². The fraction of sp³-hybridized carbons (Fsp3) is 0.538. The Morgan fingerprint density at radius 1 is 1.28 bits per heavy atom. The summed E-state index contributed by atoms with van der Waals surface area (Å²) in [5.41, 5.74) is 0.827. The second-order valence-electron chi connectivity index (χ2n) is 4.82. The largest absolute Gasteiger partial charge is 0.370 e. The summed E-state index contributed by atoms with van der Waals surface area (Å²) in [6.07, 6.45) is 3.32. The molecule has 1 aromatic carbocycles. The predicted molar refractivity (Wildman–Crippen MR) is 75.2 cm³/mol. The molecule has 1 fully saturated rings. The molecule has 0 aromatic heterocycles. The van der Waals surface area contributed by atoms with Crippen LogP contribution in [0.5, 0.6) is 0 Å². The van der Waals surface area contributed by atoms with Gasteiger partial charge in [0, 0.05) is 25.2 Å². The van der Waals surface area contributed by atoms with Crippen molar-refractivity contribution in [2.75, 3.05) is 30.1 Å². The minimum absolute atomic E-state index is 0.425. The summed E-state index contributed by atoms with van der Waals surface area (Å²) < 4.78 is 23.5. The van der Waals surface area contributed by atoms with Crippen molar-refractivity contribution in [3.8, 4) is 0 Å². The zero-order valence-corrected chi connectivity index (χ0v) is 12.0. The minimum Gasteiger partial charge on any atom is -0.370 e. The Labute approximate surface area is 114 Å². The van der Waals surface area contributed by atoms with E-state index < -0.39 is 9.84 Å². The lowest BCUT2D eigenvalue weighted by atomic mass is 9.98. The first kappa shape index (κ1) is 13.7. The van der Waals surface area contributed by atoms with Gasteiger partial charge in [0.2, 0.25) is 0 Å². The zero-order chi connectivity index (χ0) is 13.2. The van der Waals surface area contributed by atoms with E-state index in [0.717, 1.165) is 31.6 Å². The lowest BCUT2D eigenvalue weighted by molar-refractivity contribution is 0.441. The fourth-order valence-electron chi connectivity index (χ4n) is 2.36. The fourth-order valence-corrected chi connectivity index (χ4v) is 3.57. The molecular formula is C13H18ClNO2S. The lowest BCUT2D eigenvalue weighted by Gasteiger charge is -2.33. The molecule has 0 saturated carbocycles. The van der Waals surface area contributed by atoms with Crippen LogP contribution in [0.15, 0.2) is 29.2 Å². The van der Waals surface area contributed by atoms with Gasteiger partial charge in [0.25, 0.3) is 0 Å². The van der Waals surface area contributed by atoms with Crippen molar-refractivity contribution in [2.24, 2.45) is 5.92 Å². The number of para-hydroxylation sites is 1. The van der Waals surface area contributed by atoms with Crippen LogP contribution in [0.2, 0.25) is 0 Å². The van der Waals surface area contributed by atoms with E-state index >= 15 is 0 Å². The first-order valence-corrected chi connectivity index (χ1v) is 8.55. The second-order valence-corrected chi connectivity index (χ2v) is 7.12. The number of piperidine rings is 1. The van der Waals surface area contributed by atoms with Crippen LogP contribution in [0, 0.1) is 5.92 Å². The monoisotopic (exact) mass is 287 g/mol. The number of rotatable bonds is 3. The van der Waals surface area contributed by atoms with Gasteiger partial charge >= 0.3 is 0 Å². The van der Waals surface area contributed by atoms with Crippen molar-refractivity contribution in [1.29, 1.82) is 0 Å². The highest BCUT2D eigenvalue weighted by atomic mass is 35.5. The molecule has 0 N–H and O–H groups in total. The quantitative estimate of drug-likeness (QED) is 0.802. The maximum absolute atomic E-state index is 11.8. The molecule has 0 aliphatic carbocycles. The van der Waals surface area contributed by atoms with Crippen LogP contribution in [0.4, 0.5) is 5.69 Å². The topological polar surface area (TPSA) is 37.4 Å². The molecule has 1 heterocycles. The van der Waals surface area contributed by atoms with Gasteiger partial charge in [-0.2, -0.15) is 0 Å². The van der Waals surface area contributed by atoms with Crippen molar-refractivity contribution < 1.29 is 8.42 Å². The molecular weight excluding hydrogens is 270 g/mol. The highest BCUT2D eigenvalue weighted by Gasteiger charge is 2.22. The Morgan fingerprint density at radius 3 is 2.44 bits per heavy atom. The van der Waals surface area contributed by atoms with E-state index in [0.29, 0.717) is 16.7 Å². The maximum atomic E-state index is 11.8.